The third-order valence-corrected chi connectivity index (χ3v) is 5.85. The normalized spacial score (nSPS) is 13.9. The van der Waals surface area contributed by atoms with Gasteiger partial charge in [0.1, 0.15) is 11.5 Å². The lowest BCUT2D eigenvalue weighted by Crippen LogP contribution is -2.10. The molecule has 174 valence electrons. The maximum absolute atomic E-state index is 11.6. The van der Waals surface area contributed by atoms with Gasteiger partial charge in [0, 0.05) is 5.92 Å². The molecular weight excluding hydrogens is 388 g/mol. The Balaban J connectivity index is 0. The summed E-state index contributed by atoms with van der Waals surface area (Å²) >= 11 is 2.10. The predicted octanol–water partition coefficient (Wildman–Crippen LogP) is 8.71. The number of benzene rings is 1. The maximum atomic E-state index is 11.6. The molecule has 1 atom stereocenters. The number of carbonyl (C=O) groups is 1. The number of Topliss-reactive ketones (excluding diaryl/α,β-unsaturated/α-hetero) is 1. The van der Waals surface area contributed by atoms with Gasteiger partial charge in [0.25, 0.3) is 0 Å². The van der Waals surface area contributed by atoms with Crippen molar-refractivity contribution in [2.24, 2.45) is 5.92 Å². The minimum absolute atomic E-state index is 0.0257. The molecule has 0 aromatic heterocycles. The highest BCUT2D eigenvalue weighted by atomic mass is 32.2. The lowest BCUT2D eigenvalue weighted by molar-refractivity contribution is -0.118. The second-order valence-corrected chi connectivity index (χ2v) is 8.47. The van der Waals surface area contributed by atoms with E-state index in [4.69, 9.17) is 4.74 Å². The van der Waals surface area contributed by atoms with Gasteiger partial charge in [0.05, 0.1) is 6.61 Å². The van der Waals surface area contributed by atoms with E-state index in [-0.39, 0.29) is 11.7 Å². The molecule has 30 heavy (non-hydrogen) atoms. The first kappa shape index (κ1) is 31.0. The number of thioether (sulfide) groups is 1. The van der Waals surface area contributed by atoms with Crippen molar-refractivity contribution in [3.63, 3.8) is 0 Å². The van der Waals surface area contributed by atoms with Crippen LogP contribution in [0.15, 0.2) is 37.4 Å². The molecule has 1 aliphatic heterocycles. The lowest BCUT2D eigenvalue weighted by atomic mass is 9.93. The van der Waals surface area contributed by atoms with E-state index in [9.17, 15) is 4.79 Å². The Kier molecular flexibility index (Phi) is 23.2. The van der Waals surface area contributed by atoms with Gasteiger partial charge in [-0.3, -0.25) is 4.79 Å². The fraction of sp³-hybridized carbons (Fsp3) is 0.667. The molecular formula is C27H48O2S. The fourth-order valence-corrected chi connectivity index (χ4v) is 4.52. The van der Waals surface area contributed by atoms with E-state index in [2.05, 4.69) is 45.7 Å². The average molecular weight is 437 g/mol. The van der Waals surface area contributed by atoms with Crippen molar-refractivity contribution >= 4 is 17.5 Å². The van der Waals surface area contributed by atoms with Crippen LogP contribution in [0.5, 0.6) is 5.75 Å². The van der Waals surface area contributed by atoms with Gasteiger partial charge < -0.3 is 4.74 Å². The van der Waals surface area contributed by atoms with Gasteiger partial charge in [0.15, 0.2) is 0 Å². The first-order valence-electron chi connectivity index (χ1n) is 11.9. The summed E-state index contributed by atoms with van der Waals surface area (Å²) in [6.45, 7) is 18.8. The second-order valence-electron chi connectivity index (χ2n) is 7.25. The SMILES string of the molecule is C=C.CC.CCC.CCC(C(C)=O)c1ccc(OCCCCC2CCSCC2)cc1. The van der Waals surface area contributed by atoms with E-state index in [1.165, 1.54) is 43.6 Å². The largest absolute Gasteiger partial charge is 0.494 e. The summed E-state index contributed by atoms with van der Waals surface area (Å²) in [6, 6.07) is 8.06. The topological polar surface area (TPSA) is 26.3 Å². The number of rotatable bonds is 9. The highest BCUT2D eigenvalue weighted by Gasteiger charge is 2.14. The minimum Gasteiger partial charge on any atom is -0.494 e. The number of ether oxygens (including phenoxy) is 1. The summed E-state index contributed by atoms with van der Waals surface area (Å²) in [5.41, 5.74) is 1.10. The van der Waals surface area contributed by atoms with Crippen LogP contribution >= 0.6 is 11.8 Å². The molecule has 2 rings (SSSR count). The maximum Gasteiger partial charge on any atom is 0.137 e. The molecule has 0 bridgehead atoms. The smallest absolute Gasteiger partial charge is 0.137 e. The summed E-state index contributed by atoms with van der Waals surface area (Å²) in [6.07, 6.45) is 8.68. The molecule has 1 saturated heterocycles. The van der Waals surface area contributed by atoms with Gasteiger partial charge in [-0.1, -0.05) is 59.6 Å². The van der Waals surface area contributed by atoms with Crippen molar-refractivity contribution in [1.29, 1.82) is 0 Å². The Hall–Kier alpha value is -1.22. The third kappa shape index (κ3) is 14.7. The Morgan fingerprint density at radius 2 is 1.60 bits per heavy atom. The van der Waals surface area contributed by atoms with Crippen molar-refractivity contribution in [2.45, 2.75) is 92.4 Å². The van der Waals surface area contributed by atoms with Crippen LogP contribution in [0.25, 0.3) is 0 Å². The standard InChI is InChI=1S/C20H30O2S.C3H8.C2H6.C2H4/c1-3-20(16(2)21)18-7-9-19(10-8-18)22-13-5-4-6-17-11-14-23-15-12-17;1-3-2;2*1-2/h7-10,17,20H,3-6,11-15H2,1-2H3;3H2,1-2H3;1-2H3;1-2H2. The zero-order chi connectivity index (χ0) is 23.2. The lowest BCUT2D eigenvalue weighted by Gasteiger charge is -2.20. The highest BCUT2D eigenvalue weighted by Crippen LogP contribution is 2.27. The zero-order valence-corrected chi connectivity index (χ0v) is 21.5. The summed E-state index contributed by atoms with van der Waals surface area (Å²) in [7, 11) is 0. The summed E-state index contributed by atoms with van der Waals surface area (Å²) in [5.74, 6) is 4.84. The van der Waals surface area contributed by atoms with Crippen LogP contribution in [0.4, 0.5) is 0 Å². The molecule has 1 aromatic carbocycles. The molecule has 0 radical (unpaired) electrons. The van der Waals surface area contributed by atoms with Gasteiger partial charge in [0.2, 0.25) is 0 Å². The molecule has 0 aliphatic carbocycles. The number of unbranched alkanes of at least 4 members (excludes halogenated alkanes) is 1. The summed E-state index contributed by atoms with van der Waals surface area (Å²) in [4.78, 5) is 11.6. The Bertz CT molecular complexity index is 492. The molecule has 0 N–H and O–H groups in total. The number of ketones is 1. The third-order valence-electron chi connectivity index (χ3n) is 4.80. The molecule has 3 heteroatoms. The molecule has 0 amide bonds. The van der Waals surface area contributed by atoms with Gasteiger partial charge >= 0.3 is 0 Å². The number of hydrogen-bond donors (Lipinski definition) is 0. The predicted molar refractivity (Wildman–Crippen MR) is 138 cm³/mol. The molecule has 1 fully saturated rings. The van der Waals surface area contributed by atoms with Crippen molar-refractivity contribution in [1.82, 2.24) is 0 Å². The fourth-order valence-electron chi connectivity index (χ4n) is 3.31. The van der Waals surface area contributed by atoms with Crippen molar-refractivity contribution in [3.05, 3.63) is 43.0 Å². The van der Waals surface area contributed by atoms with E-state index >= 15 is 0 Å². The number of carbonyl (C=O) groups excluding carboxylic acids is 1. The Labute approximate surface area is 192 Å². The van der Waals surface area contributed by atoms with Crippen LogP contribution < -0.4 is 4.74 Å². The monoisotopic (exact) mass is 436 g/mol. The quantitative estimate of drug-likeness (QED) is 0.286. The Morgan fingerprint density at radius 3 is 2.07 bits per heavy atom. The van der Waals surface area contributed by atoms with E-state index < -0.39 is 0 Å². The van der Waals surface area contributed by atoms with Crippen LogP contribution in [0.2, 0.25) is 0 Å². The van der Waals surface area contributed by atoms with Gasteiger partial charge in [-0.2, -0.15) is 11.8 Å². The average Bonchev–Trinajstić information content (AvgIpc) is 2.79. The van der Waals surface area contributed by atoms with E-state index in [0.717, 1.165) is 36.7 Å². The van der Waals surface area contributed by atoms with Crippen molar-refractivity contribution in [2.75, 3.05) is 18.1 Å². The first-order valence-corrected chi connectivity index (χ1v) is 13.1. The van der Waals surface area contributed by atoms with Gasteiger partial charge in [-0.25, -0.2) is 0 Å². The number of hydrogen-bond acceptors (Lipinski definition) is 3. The summed E-state index contributed by atoms with van der Waals surface area (Å²) in [5, 5.41) is 0. The molecule has 2 nitrogen and oxygen atoms in total. The molecule has 0 saturated carbocycles. The molecule has 1 unspecified atom stereocenters. The molecule has 1 aromatic rings. The highest BCUT2D eigenvalue weighted by molar-refractivity contribution is 7.99. The summed E-state index contributed by atoms with van der Waals surface area (Å²) < 4.78 is 5.84. The second kappa shape index (κ2) is 22.5. The van der Waals surface area contributed by atoms with E-state index in [1.807, 2.05) is 38.1 Å². The van der Waals surface area contributed by atoms with Gasteiger partial charge in [-0.05, 0) is 74.1 Å². The van der Waals surface area contributed by atoms with Gasteiger partial charge in [-0.15, -0.1) is 13.2 Å². The van der Waals surface area contributed by atoms with E-state index in [1.54, 1.807) is 6.92 Å². The van der Waals surface area contributed by atoms with Crippen molar-refractivity contribution in [3.8, 4) is 5.75 Å². The molecule has 0 spiro atoms. The van der Waals surface area contributed by atoms with Crippen LogP contribution in [-0.2, 0) is 4.79 Å². The van der Waals surface area contributed by atoms with Crippen LogP contribution in [0, 0.1) is 5.92 Å². The Morgan fingerprint density at radius 1 is 1.07 bits per heavy atom. The first-order chi connectivity index (χ1) is 14.6. The molecule has 1 heterocycles. The molecule has 1 aliphatic rings. The minimum atomic E-state index is 0.0257. The van der Waals surface area contributed by atoms with E-state index in [0.29, 0.717) is 0 Å². The van der Waals surface area contributed by atoms with Crippen LogP contribution in [0.3, 0.4) is 0 Å². The zero-order valence-electron chi connectivity index (χ0n) is 20.7. The van der Waals surface area contributed by atoms with Crippen LogP contribution in [-0.4, -0.2) is 23.9 Å². The van der Waals surface area contributed by atoms with Crippen LogP contribution in [0.1, 0.15) is 98.0 Å². The van der Waals surface area contributed by atoms with Crippen molar-refractivity contribution < 1.29 is 9.53 Å².